The van der Waals surface area contributed by atoms with Crippen LogP contribution in [0.5, 0.6) is 0 Å². The summed E-state index contributed by atoms with van der Waals surface area (Å²) >= 11 is 0. The maximum Gasteiger partial charge on any atom is 0.311 e. The van der Waals surface area contributed by atoms with Crippen molar-refractivity contribution >= 4 is 11.9 Å². The van der Waals surface area contributed by atoms with E-state index in [0.717, 1.165) is 19.3 Å². The molecule has 4 nitrogen and oxygen atoms in total. The molecular weight excluding hydrogens is 244 g/mol. The van der Waals surface area contributed by atoms with Gasteiger partial charge in [-0.15, -0.1) is 0 Å². The molecule has 1 saturated heterocycles. The number of rotatable bonds is 3. The second kappa shape index (κ2) is 3.84. The van der Waals surface area contributed by atoms with Crippen molar-refractivity contribution in [1.29, 1.82) is 0 Å². The highest BCUT2D eigenvalue weighted by Gasteiger charge is 2.52. The van der Waals surface area contributed by atoms with E-state index < -0.39 is 11.4 Å². The Morgan fingerprint density at radius 2 is 2.16 bits per heavy atom. The second-order valence-electron chi connectivity index (χ2n) is 7.06. The van der Waals surface area contributed by atoms with Crippen molar-refractivity contribution in [3.63, 3.8) is 0 Å². The van der Waals surface area contributed by atoms with Crippen LogP contribution in [0, 0.1) is 22.7 Å². The van der Waals surface area contributed by atoms with Gasteiger partial charge in [-0.1, -0.05) is 12.2 Å². The molecule has 3 aliphatic rings. The number of carboxylic acids is 1. The van der Waals surface area contributed by atoms with Gasteiger partial charge in [0.2, 0.25) is 0 Å². The second-order valence-corrected chi connectivity index (χ2v) is 7.06. The van der Waals surface area contributed by atoms with Gasteiger partial charge in [-0.05, 0) is 50.9 Å². The van der Waals surface area contributed by atoms with E-state index in [0.29, 0.717) is 6.42 Å². The van der Waals surface area contributed by atoms with Gasteiger partial charge in [0.1, 0.15) is 6.10 Å². The molecule has 0 aromatic rings. The van der Waals surface area contributed by atoms with E-state index in [-0.39, 0.29) is 29.3 Å². The van der Waals surface area contributed by atoms with Gasteiger partial charge in [0.05, 0.1) is 11.3 Å². The average Bonchev–Trinajstić information content (AvgIpc) is 2.91. The van der Waals surface area contributed by atoms with Crippen LogP contribution in [0.2, 0.25) is 0 Å². The summed E-state index contributed by atoms with van der Waals surface area (Å²) in [6.07, 6.45) is 7.26. The first kappa shape index (κ1) is 12.7. The predicted molar refractivity (Wildman–Crippen MR) is 68.3 cm³/mol. The number of allylic oxidation sites excluding steroid dienone is 2. The van der Waals surface area contributed by atoms with Gasteiger partial charge in [0, 0.05) is 0 Å². The molecular formula is C15H20O4. The Balaban J connectivity index is 1.71. The topological polar surface area (TPSA) is 63.6 Å². The minimum atomic E-state index is -0.694. The Morgan fingerprint density at radius 1 is 1.42 bits per heavy atom. The summed E-state index contributed by atoms with van der Waals surface area (Å²) in [5.41, 5.74) is -0.451. The van der Waals surface area contributed by atoms with Crippen LogP contribution in [0.4, 0.5) is 0 Å². The van der Waals surface area contributed by atoms with Crippen molar-refractivity contribution in [1.82, 2.24) is 0 Å². The number of carbonyl (C=O) groups is 2. The number of cyclic esters (lactones) is 1. The zero-order valence-electron chi connectivity index (χ0n) is 11.4. The highest BCUT2D eigenvalue weighted by molar-refractivity contribution is 5.78. The van der Waals surface area contributed by atoms with Crippen molar-refractivity contribution in [2.24, 2.45) is 22.7 Å². The lowest BCUT2D eigenvalue weighted by atomic mass is 9.77. The molecule has 3 rings (SSSR count). The van der Waals surface area contributed by atoms with Crippen LogP contribution in [0.25, 0.3) is 0 Å². The minimum Gasteiger partial charge on any atom is -0.481 e. The van der Waals surface area contributed by atoms with Crippen LogP contribution < -0.4 is 0 Å². The third kappa shape index (κ3) is 1.97. The smallest absolute Gasteiger partial charge is 0.311 e. The fourth-order valence-electron chi connectivity index (χ4n) is 4.03. The third-order valence-corrected chi connectivity index (χ3v) is 5.00. The Kier molecular flexibility index (Phi) is 2.57. The van der Waals surface area contributed by atoms with Crippen molar-refractivity contribution in [3.8, 4) is 0 Å². The summed E-state index contributed by atoms with van der Waals surface area (Å²) in [7, 11) is 0. The average molecular weight is 264 g/mol. The summed E-state index contributed by atoms with van der Waals surface area (Å²) in [5, 5.41) is 9.22. The van der Waals surface area contributed by atoms with Gasteiger partial charge < -0.3 is 9.84 Å². The van der Waals surface area contributed by atoms with E-state index >= 15 is 0 Å². The van der Waals surface area contributed by atoms with Crippen LogP contribution in [0.3, 0.4) is 0 Å². The number of esters is 1. The van der Waals surface area contributed by atoms with Crippen LogP contribution in [-0.2, 0) is 14.3 Å². The van der Waals surface area contributed by atoms with Crippen molar-refractivity contribution in [2.45, 2.75) is 45.6 Å². The molecule has 4 heteroatoms. The molecule has 1 heterocycles. The molecule has 2 fully saturated rings. The molecule has 4 atom stereocenters. The van der Waals surface area contributed by atoms with E-state index in [1.54, 1.807) is 0 Å². The lowest BCUT2D eigenvalue weighted by molar-refractivity contribution is -0.148. The molecule has 0 radical (unpaired) electrons. The molecule has 0 spiro atoms. The molecule has 19 heavy (non-hydrogen) atoms. The zero-order chi connectivity index (χ0) is 13.8. The minimum absolute atomic E-state index is 0.0565. The summed E-state index contributed by atoms with van der Waals surface area (Å²) in [6.45, 7) is 3.82. The zero-order valence-corrected chi connectivity index (χ0v) is 11.4. The summed E-state index contributed by atoms with van der Waals surface area (Å²) in [5.74, 6) is -0.905. The molecule has 0 amide bonds. The van der Waals surface area contributed by atoms with E-state index in [9.17, 15) is 14.7 Å². The quantitative estimate of drug-likeness (QED) is 0.628. The Hall–Kier alpha value is -1.32. The molecule has 4 unspecified atom stereocenters. The maximum absolute atomic E-state index is 11.7. The molecule has 2 bridgehead atoms. The van der Waals surface area contributed by atoms with Crippen LogP contribution in [0.1, 0.15) is 39.5 Å². The van der Waals surface area contributed by atoms with E-state index in [2.05, 4.69) is 6.08 Å². The van der Waals surface area contributed by atoms with Crippen molar-refractivity contribution < 1.29 is 19.4 Å². The fraction of sp³-hybridized carbons (Fsp3) is 0.733. The standard InChI is InChI=1S/C15H20O4/c1-14(2)6-10(19-13(14)18)7-15-4-3-9(5-15)11(8-15)12(16)17/h3-4,9-11H,5-8H2,1-2H3,(H,16,17). The molecule has 0 aromatic heterocycles. The number of hydrogen-bond acceptors (Lipinski definition) is 3. The molecule has 1 saturated carbocycles. The van der Waals surface area contributed by atoms with Gasteiger partial charge in [-0.2, -0.15) is 0 Å². The van der Waals surface area contributed by atoms with Gasteiger partial charge >= 0.3 is 11.9 Å². The van der Waals surface area contributed by atoms with E-state index in [4.69, 9.17) is 4.74 Å². The van der Waals surface area contributed by atoms with Crippen LogP contribution >= 0.6 is 0 Å². The SMILES string of the molecule is CC1(C)CC(CC23C=CC(C2)C(C(=O)O)C3)OC1=O. The normalized spacial score (nSPS) is 42.6. The Morgan fingerprint density at radius 3 is 2.68 bits per heavy atom. The van der Waals surface area contributed by atoms with Crippen molar-refractivity contribution in [2.75, 3.05) is 0 Å². The number of carbonyl (C=O) groups excluding carboxylic acids is 1. The monoisotopic (exact) mass is 264 g/mol. The maximum atomic E-state index is 11.7. The van der Waals surface area contributed by atoms with Gasteiger partial charge in [-0.25, -0.2) is 0 Å². The highest BCUT2D eigenvalue weighted by Crippen LogP contribution is 2.56. The Bertz CT molecular complexity index is 465. The van der Waals surface area contributed by atoms with Gasteiger partial charge in [0.15, 0.2) is 0 Å². The highest BCUT2D eigenvalue weighted by atomic mass is 16.6. The fourth-order valence-corrected chi connectivity index (χ4v) is 4.03. The van der Waals surface area contributed by atoms with Gasteiger partial charge in [0.25, 0.3) is 0 Å². The number of aliphatic carboxylic acids is 1. The molecule has 1 N–H and O–H groups in total. The number of carboxylic acid groups (broad SMARTS) is 1. The number of hydrogen-bond donors (Lipinski definition) is 1. The van der Waals surface area contributed by atoms with E-state index in [1.807, 2.05) is 19.9 Å². The third-order valence-electron chi connectivity index (χ3n) is 5.00. The molecule has 0 aromatic carbocycles. The molecule has 1 aliphatic heterocycles. The first-order chi connectivity index (χ1) is 8.81. The number of fused-ring (bicyclic) bond motifs is 2. The van der Waals surface area contributed by atoms with Gasteiger partial charge in [-0.3, -0.25) is 9.59 Å². The summed E-state index contributed by atoms with van der Waals surface area (Å²) in [6, 6.07) is 0. The van der Waals surface area contributed by atoms with E-state index in [1.165, 1.54) is 0 Å². The molecule has 2 aliphatic carbocycles. The van der Waals surface area contributed by atoms with Crippen molar-refractivity contribution in [3.05, 3.63) is 12.2 Å². The summed E-state index contributed by atoms with van der Waals surface area (Å²) < 4.78 is 5.46. The lowest BCUT2D eigenvalue weighted by Gasteiger charge is -2.27. The van der Waals surface area contributed by atoms with Crippen LogP contribution in [-0.4, -0.2) is 23.1 Å². The predicted octanol–water partition coefficient (Wildman–Crippen LogP) is 2.39. The Labute approximate surface area is 112 Å². The summed E-state index contributed by atoms with van der Waals surface area (Å²) in [4.78, 5) is 22.9. The first-order valence-corrected chi connectivity index (χ1v) is 6.95. The van der Waals surface area contributed by atoms with Crippen LogP contribution in [0.15, 0.2) is 12.2 Å². The first-order valence-electron chi connectivity index (χ1n) is 6.95. The lowest BCUT2D eigenvalue weighted by Crippen LogP contribution is -2.24. The largest absolute Gasteiger partial charge is 0.481 e. The molecule has 104 valence electrons. The number of ether oxygens (including phenoxy) is 1.